The summed E-state index contributed by atoms with van der Waals surface area (Å²) in [7, 11) is -3.40. The van der Waals surface area contributed by atoms with Gasteiger partial charge in [0.1, 0.15) is 17.4 Å². The smallest absolute Gasteiger partial charge is 0.324 e. The number of carbonyl (C=O) groups is 1. The number of nitrogens with zero attached hydrogens (tertiary/aromatic N) is 3. The Morgan fingerprint density at radius 1 is 1.23 bits per heavy atom. The van der Waals surface area contributed by atoms with E-state index in [0.717, 1.165) is 24.4 Å². The largest absolute Gasteiger partial charge is 0.419 e. The quantitative estimate of drug-likeness (QED) is 0.507. The summed E-state index contributed by atoms with van der Waals surface area (Å²) in [6, 6.07) is 3.51. The van der Waals surface area contributed by atoms with Gasteiger partial charge in [-0.15, -0.1) is 0 Å². The van der Waals surface area contributed by atoms with Crippen LogP contribution in [0.4, 0.5) is 27.6 Å². The molecule has 1 amide bonds. The topological polar surface area (TPSA) is 106 Å². The molecule has 3 aromatic rings. The van der Waals surface area contributed by atoms with Gasteiger partial charge < -0.3 is 10.6 Å². The minimum atomic E-state index is -4.91. The van der Waals surface area contributed by atoms with Gasteiger partial charge in [-0.3, -0.25) is 9.36 Å². The third-order valence-corrected chi connectivity index (χ3v) is 7.39. The summed E-state index contributed by atoms with van der Waals surface area (Å²) in [5.74, 6) is -3.58. The maximum Gasteiger partial charge on any atom is 0.419 e. The second-order valence-corrected chi connectivity index (χ2v) is 10.1. The molecule has 0 spiro atoms. The van der Waals surface area contributed by atoms with Crippen LogP contribution in [0.15, 0.2) is 43.0 Å². The van der Waals surface area contributed by atoms with Crippen molar-refractivity contribution in [3.05, 3.63) is 71.4 Å². The number of amides is 1. The fraction of sp³-hybridized carbons (Fsp3) is 0.286. The van der Waals surface area contributed by atoms with Crippen molar-refractivity contribution in [3.63, 3.8) is 0 Å². The number of halogens is 5. The van der Waals surface area contributed by atoms with Crippen molar-refractivity contribution in [2.75, 3.05) is 24.2 Å². The summed E-state index contributed by atoms with van der Waals surface area (Å²) in [6.07, 6.45) is -1.98. The van der Waals surface area contributed by atoms with Crippen molar-refractivity contribution in [3.8, 4) is 5.82 Å². The molecule has 1 atom stereocenters. The third kappa shape index (κ3) is 5.32. The number of carbonyl (C=O) groups excluding carboxylic acids is 1. The fourth-order valence-corrected chi connectivity index (χ4v) is 5.20. The second-order valence-electron chi connectivity index (χ2n) is 7.80. The standard InChI is InChI=1S/C21H18F5N5O3S/c22-15-7-13(30-18(32)6-12-2-1-3-14(19(12)23)21(24,25)26)8-28-20(15)31-10-16(29-11-31)17-9-27-4-5-35(17,33)34/h1-3,7-8,10-11,17,27H,4-6,9H2,(H,30,32). The maximum atomic E-state index is 14.7. The highest BCUT2D eigenvalue weighted by Crippen LogP contribution is 2.32. The Morgan fingerprint density at radius 3 is 2.69 bits per heavy atom. The van der Waals surface area contributed by atoms with E-state index in [4.69, 9.17) is 0 Å². The van der Waals surface area contributed by atoms with Crippen molar-refractivity contribution in [1.82, 2.24) is 19.9 Å². The SMILES string of the molecule is O=C(Cc1cccc(C(F)(F)F)c1F)Nc1cnc(-n2cnc(C3CNCCS3(=O)=O)c2)c(F)c1. The van der Waals surface area contributed by atoms with E-state index >= 15 is 0 Å². The van der Waals surface area contributed by atoms with Crippen LogP contribution in [0.5, 0.6) is 0 Å². The Balaban J connectivity index is 1.48. The lowest BCUT2D eigenvalue weighted by Gasteiger charge is -2.21. The van der Waals surface area contributed by atoms with Crippen LogP contribution in [0.2, 0.25) is 0 Å². The zero-order valence-electron chi connectivity index (χ0n) is 17.8. The molecule has 1 aliphatic heterocycles. The molecule has 1 saturated heterocycles. The molecule has 1 fully saturated rings. The van der Waals surface area contributed by atoms with Crippen molar-refractivity contribution < 1.29 is 35.2 Å². The summed E-state index contributed by atoms with van der Waals surface area (Å²) in [6.45, 7) is 0.510. The van der Waals surface area contributed by atoms with Crippen LogP contribution in [0.1, 0.15) is 22.1 Å². The number of anilines is 1. The number of rotatable bonds is 5. The average molecular weight is 515 g/mol. The van der Waals surface area contributed by atoms with Gasteiger partial charge in [0.2, 0.25) is 5.91 Å². The number of aromatic nitrogens is 3. The van der Waals surface area contributed by atoms with Crippen molar-refractivity contribution in [2.45, 2.75) is 17.8 Å². The minimum Gasteiger partial charge on any atom is -0.324 e. The fourth-order valence-electron chi connectivity index (χ4n) is 3.63. The van der Waals surface area contributed by atoms with E-state index in [0.29, 0.717) is 12.6 Å². The molecule has 1 aliphatic rings. The molecule has 0 bridgehead atoms. The molecule has 0 saturated carbocycles. The van der Waals surface area contributed by atoms with Crippen LogP contribution in [0.25, 0.3) is 5.82 Å². The Kier molecular flexibility index (Phi) is 6.60. The first-order valence-corrected chi connectivity index (χ1v) is 11.9. The van der Waals surface area contributed by atoms with Gasteiger partial charge in [0.25, 0.3) is 0 Å². The van der Waals surface area contributed by atoms with Crippen LogP contribution in [-0.2, 0) is 27.2 Å². The van der Waals surface area contributed by atoms with E-state index < -0.39 is 56.4 Å². The lowest BCUT2D eigenvalue weighted by molar-refractivity contribution is -0.140. The number of hydrogen-bond acceptors (Lipinski definition) is 6. The highest BCUT2D eigenvalue weighted by Gasteiger charge is 2.35. The predicted octanol–water partition coefficient (Wildman–Crippen LogP) is 2.80. The van der Waals surface area contributed by atoms with Crippen LogP contribution < -0.4 is 10.6 Å². The number of sulfone groups is 1. The van der Waals surface area contributed by atoms with Crippen LogP contribution in [0, 0.1) is 11.6 Å². The number of benzene rings is 1. The molecule has 1 unspecified atom stereocenters. The van der Waals surface area contributed by atoms with E-state index in [2.05, 4.69) is 20.6 Å². The molecule has 2 N–H and O–H groups in total. The third-order valence-electron chi connectivity index (χ3n) is 5.34. The van der Waals surface area contributed by atoms with Gasteiger partial charge in [-0.05, 0) is 11.6 Å². The maximum absolute atomic E-state index is 14.7. The summed E-state index contributed by atoms with van der Waals surface area (Å²) in [5.41, 5.74) is -1.85. The van der Waals surface area contributed by atoms with E-state index in [9.17, 15) is 35.2 Å². The van der Waals surface area contributed by atoms with Crippen molar-refractivity contribution in [2.24, 2.45) is 0 Å². The van der Waals surface area contributed by atoms with Crippen molar-refractivity contribution in [1.29, 1.82) is 0 Å². The van der Waals surface area contributed by atoms with E-state index in [1.165, 1.54) is 17.1 Å². The normalized spacial score (nSPS) is 17.8. The zero-order valence-corrected chi connectivity index (χ0v) is 18.6. The van der Waals surface area contributed by atoms with E-state index in [1.54, 1.807) is 0 Å². The molecule has 0 radical (unpaired) electrons. The van der Waals surface area contributed by atoms with Gasteiger partial charge in [-0.2, -0.15) is 13.2 Å². The van der Waals surface area contributed by atoms with Gasteiger partial charge in [0.15, 0.2) is 21.5 Å². The molecule has 0 aliphatic carbocycles. The number of pyridine rings is 1. The van der Waals surface area contributed by atoms with Gasteiger partial charge in [0.05, 0.1) is 35.3 Å². The monoisotopic (exact) mass is 515 g/mol. The highest BCUT2D eigenvalue weighted by molar-refractivity contribution is 7.91. The van der Waals surface area contributed by atoms with Gasteiger partial charge in [-0.25, -0.2) is 27.2 Å². The summed E-state index contributed by atoms with van der Waals surface area (Å²) < 4.78 is 93.1. The number of hydrogen-bond donors (Lipinski definition) is 2. The molecule has 2 aromatic heterocycles. The number of nitrogens with one attached hydrogen (secondary N) is 2. The molecular weight excluding hydrogens is 497 g/mol. The second kappa shape index (κ2) is 9.34. The minimum absolute atomic E-state index is 0.0457. The zero-order chi connectivity index (χ0) is 25.4. The van der Waals surface area contributed by atoms with Crippen molar-refractivity contribution >= 4 is 21.4 Å². The molecule has 1 aromatic carbocycles. The molecule has 186 valence electrons. The average Bonchev–Trinajstić information content (AvgIpc) is 3.23. The van der Waals surface area contributed by atoms with Gasteiger partial charge in [-0.1, -0.05) is 12.1 Å². The first kappa shape index (κ1) is 24.7. The summed E-state index contributed by atoms with van der Waals surface area (Å²) >= 11 is 0. The number of imidazole rings is 1. The predicted molar refractivity (Wildman–Crippen MR) is 114 cm³/mol. The molecular formula is C21H18F5N5O3S. The Bertz CT molecular complexity index is 1370. The first-order valence-electron chi connectivity index (χ1n) is 10.2. The van der Waals surface area contributed by atoms with E-state index in [-0.39, 0.29) is 29.5 Å². The molecule has 3 heterocycles. The van der Waals surface area contributed by atoms with E-state index in [1.807, 2.05) is 0 Å². The van der Waals surface area contributed by atoms with Gasteiger partial charge >= 0.3 is 6.18 Å². The molecule has 35 heavy (non-hydrogen) atoms. The summed E-state index contributed by atoms with van der Waals surface area (Å²) in [4.78, 5) is 20.2. The lowest BCUT2D eigenvalue weighted by atomic mass is 10.1. The number of alkyl halides is 3. The first-order chi connectivity index (χ1) is 16.5. The van der Waals surface area contributed by atoms with Crippen LogP contribution >= 0.6 is 0 Å². The van der Waals surface area contributed by atoms with Gasteiger partial charge in [0, 0.05) is 25.4 Å². The van der Waals surface area contributed by atoms with Crippen LogP contribution in [0.3, 0.4) is 0 Å². The Morgan fingerprint density at radius 2 is 2.00 bits per heavy atom. The molecule has 8 nitrogen and oxygen atoms in total. The molecule has 14 heteroatoms. The Hall–Kier alpha value is -3.39. The summed E-state index contributed by atoms with van der Waals surface area (Å²) in [5, 5.41) is 4.35. The molecule has 4 rings (SSSR count). The Labute approximate surface area is 196 Å². The highest BCUT2D eigenvalue weighted by atomic mass is 32.2. The van der Waals surface area contributed by atoms with Crippen LogP contribution in [-0.4, -0.2) is 47.7 Å². The lowest BCUT2D eigenvalue weighted by Crippen LogP contribution is -2.38.